The van der Waals surface area contributed by atoms with Crippen molar-refractivity contribution in [2.45, 2.75) is 77.6 Å². The molecule has 0 fully saturated rings. The minimum Gasteiger partial charge on any atom is -0.361 e. The summed E-state index contributed by atoms with van der Waals surface area (Å²) in [6.45, 7) is 4.75. The number of fused-ring (bicyclic) bond motifs is 2. The second-order valence-electron chi connectivity index (χ2n) is 9.07. The van der Waals surface area contributed by atoms with Gasteiger partial charge in [0.2, 0.25) is 0 Å². The van der Waals surface area contributed by atoms with Crippen LogP contribution in [0, 0.1) is 5.41 Å². The van der Waals surface area contributed by atoms with Gasteiger partial charge in [-0.3, -0.25) is 4.98 Å². The molecule has 0 aliphatic heterocycles. The van der Waals surface area contributed by atoms with Crippen LogP contribution in [0.15, 0.2) is 60.7 Å². The van der Waals surface area contributed by atoms with Crippen molar-refractivity contribution in [3.63, 3.8) is 0 Å². The number of unbranched alkanes of at least 4 members (excludes halogenated alkanes) is 2. The van der Waals surface area contributed by atoms with Crippen LogP contribution in [0.2, 0.25) is 0 Å². The third-order valence-electron chi connectivity index (χ3n) is 7.08. The highest BCUT2D eigenvalue weighted by molar-refractivity contribution is 5.85. The maximum Gasteiger partial charge on any atom is 0.198 e. The number of aryl methyl sites for hydroxylation is 1. The zero-order valence-corrected chi connectivity index (χ0v) is 20.2. The molecule has 0 saturated carbocycles. The number of ether oxygens (including phenoxy) is 1. The van der Waals surface area contributed by atoms with Crippen LogP contribution in [-0.4, -0.2) is 10.1 Å². The van der Waals surface area contributed by atoms with Gasteiger partial charge in [0.05, 0.1) is 17.8 Å². The minimum atomic E-state index is -1.29. The molecule has 3 nitrogen and oxygen atoms in total. The fraction of sp³-hybridized carbons (Fsp3) is 0.464. The van der Waals surface area contributed by atoms with Crippen molar-refractivity contribution in [1.29, 1.82) is 0 Å². The van der Waals surface area contributed by atoms with E-state index in [2.05, 4.69) is 44.2 Å². The summed E-state index contributed by atoms with van der Waals surface area (Å²) in [5.74, 6) is -1.29. The summed E-state index contributed by atoms with van der Waals surface area (Å²) in [6.07, 6.45) is 8.39. The number of aromatic nitrogens is 1. The molecule has 0 amide bonds. The van der Waals surface area contributed by atoms with Crippen LogP contribution in [0.25, 0.3) is 10.9 Å². The van der Waals surface area contributed by atoms with Gasteiger partial charge < -0.3 is 9.84 Å². The van der Waals surface area contributed by atoms with Gasteiger partial charge in [-0.05, 0) is 43.4 Å². The van der Waals surface area contributed by atoms with E-state index < -0.39 is 5.79 Å². The number of benzene rings is 2. The topological polar surface area (TPSA) is 42.4 Å². The number of halogens is 1. The van der Waals surface area contributed by atoms with Crippen molar-refractivity contribution in [2.75, 3.05) is 0 Å². The molecule has 1 heterocycles. The average molecular weight is 454 g/mol. The van der Waals surface area contributed by atoms with Crippen molar-refractivity contribution in [3.05, 3.63) is 77.5 Å². The lowest BCUT2D eigenvalue weighted by Gasteiger charge is -2.51. The van der Waals surface area contributed by atoms with Crippen molar-refractivity contribution in [3.8, 4) is 0 Å². The van der Waals surface area contributed by atoms with E-state index in [0.717, 1.165) is 73.5 Å². The van der Waals surface area contributed by atoms with Crippen molar-refractivity contribution < 1.29 is 9.84 Å². The lowest BCUT2D eigenvalue weighted by molar-refractivity contribution is -0.303. The number of para-hydroxylation sites is 1. The Morgan fingerprint density at radius 1 is 0.906 bits per heavy atom. The van der Waals surface area contributed by atoms with Crippen molar-refractivity contribution >= 4 is 23.3 Å². The van der Waals surface area contributed by atoms with Crippen LogP contribution in [0.3, 0.4) is 0 Å². The monoisotopic (exact) mass is 453 g/mol. The highest BCUT2D eigenvalue weighted by atomic mass is 35.5. The zero-order valence-electron chi connectivity index (χ0n) is 19.3. The molecule has 172 valence electrons. The normalized spacial score (nSPS) is 19.3. The van der Waals surface area contributed by atoms with E-state index in [0.29, 0.717) is 6.61 Å². The third kappa shape index (κ3) is 4.71. The van der Waals surface area contributed by atoms with Gasteiger partial charge in [-0.1, -0.05) is 88.1 Å². The van der Waals surface area contributed by atoms with Gasteiger partial charge in [0.15, 0.2) is 5.79 Å². The first-order valence-electron chi connectivity index (χ1n) is 11.9. The van der Waals surface area contributed by atoms with Crippen LogP contribution >= 0.6 is 12.4 Å². The van der Waals surface area contributed by atoms with E-state index in [9.17, 15) is 5.11 Å². The molecule has 4 rings (SSSR count). The molecule has 1 aliphatic carbocycles. The molecule has 1 unspecified atom stereocenters. The van der Waals surface area contributed by atoms with Gasteiger partial charge >= 0.3 is 0 Å². The molecule has 1 aliphatic rings. The number of nitrogens with zero attached hydrogens (tertiary/aromatic N) is 1. The van der Waals surface area contributed by atoms with Crippen molar-refractivity contribution in [1.82, 2.24) is 4.98 Å². The summed E-state index contributed by atoms with van der Waals surface area (Å²) >= 11 is 0. The summed E-state index contributed by atoms with van der Waals surface area (Å²) < 4.78 is 6.54. The van der Waals surface area contributed by atoms with Crippen LogP contribution in [0.5, 0.6) is 0 Å². The van der Waals surface area contributed by atoms with Gasteiger partial charge in [-0.25, -0.2) is 0 Å². The van der Waals surface area contributed by atoms with Gasteiger partial charge in [0, 0.05) is 16.4 Å². The van der Waals surface area contributed by atoms with Crippen molar-refractivity contribution in [2.24, 2.45) is 5.41 Å². The zero-order chi connectivity index (χ0) is 21.7. The quantitative estimate of drug-likeness (QED) is 0.345. The molecule has 3 aromatic rings. The van der Waals surface area contributed by atoms with Crippen LogP contribution in [-0.2, 0) is 23.6 Å². The van der Waals surface area contributed by atoms with Gasteiger partial charge in [-0.15, -0.1) is 12.4 Å². The molecule has 2 aromatic carbocycles. The van der Waals surface area contributed by atoms with E-state index in [1.54, 1.807) is 0 Å². The Kier molecular flexibility index (Phi) is 8.32. The summed E-state index contributed by atoms with van der Waals surface area (Å²) in [6, 6.07) is 20.5. The lowest BCUT2D eigenvalue weighted by Crippen LogP contribution is -2.51. The number of rotatable bonds is 9. The second kappa shape index (κ2) is 10.8. The molecular formula is C28H36ClNO2. The predicted octanol–water partition coefficient (Wildman–Crippen LogP) is 7.33. The van der Waals surface area contributed by atoms with E-state index in [1.165, 1.54) is 5.56 Å². The fourth-order valence-corrected chi connectivity index (χ4v) is 5.24. The molecule has 32 heavy (non-hydrogen) atoms. The largest absolute Gasteiger partial charge is 0.361 e. The Labute approximate surface area is 198 Å². The van der Waals surface area contributed by atoms with E-state index in [1.807, 2.05) is 30.3 Å². The molecule has 4 heteroatoms. The Morgan fingerprint density at radius 2 is 1.59 bits per heavy atom. The predicted molar refractivity (Wildman–Crippen MR) is 134 cm³/mol. The minimum absolute atomic E-state index is 0. The lowest BCUT2D eigenvalue weighted by atomic mass is 9.62. The summed E-state index contributed by atoms with van der Waals surface area (Å²) in [4.78, 5) is 4.78. The van der Waals surface area contributed by atoms with Crippen LogP contribution in [0.4, 0.5) is 0 Å². The second-order valence-corrected chi connectivity index (χ2v) is 9.07. The maximum absolute atomic E-state index is 12.3. The molecule has 1 atom stereocenters. The van der Waals surface area contributed by atoms with Crippen LogP contribution < -0.4 is 0 Å². The Balaban J connectivity index is 0.00000289. The molecule has 0 bridgehead atoms. The van der Waals surface area contributed by atoms with Gasteiger partial charge in [-0.2, -0.15) is 0 Å². The van der Waals surface area contributed by atoms with Gasteiger partial charge in [0.25, 0.3) is 0 Å². The number of pyridine rings is 1. The molecule has 1 N–H and O–H groups in total. The summed E-state index contributed by atoms with van der Waals surface area (Å²) in [5.41, 5.74) is 3.72. The highest BCUT2D eigenvalue weighted by Crippen LogP contribution is 2.55. The fourth-order valence-electron chi connectivity index (χ4n) is 5.24. The average Bonchev–Trinajstić information content (AvgIpc) is 2.82. The standard InChI is InChI=1S/C28H35NO2.ClH/c1-3-5-18-27(19-6-4-2)20-17-22-11-7-9-13-25(22)28(27,30)31-21-24-16-15-23-12-8-10-14-26(23)29-24;/h7-16,30H,3-6,17-21H2,1-2H3;1H. The van der Waals surface area contributed by atoms with E-state index in [-0.39, 0.29) is 17.8 Å². The molecule has 0 spiro atoms. The highest BCUT2D eigenvalue weighted by Gasteiger charge is 2.54. The van der Waals surface area contributed by atoms with E-state index >= 15 is 0 Å². The SMILES string of the molecule is CCCCC1(CCCC)CCc2ccccc2C1(O)OCc1ccc2ccccc2n1.Cl. The Bertz CT molecular complexity index is 1010. The molecule has 1 aromatic heterocycles. The summed E-state index contributed by atoms with van der Waals surface area (Å²) in [5, 5.41) is 13.4. The number of hydrogen-bond acceptors (Lipinski definition) is 3. The maximum atomic E-state index is 12.3. The molecular weight excluding hydrogens is 418 g/mol. The summed E-state index contributed by atoms with van der Waals surface area (Å²) in [7, 11) is 0. The molecule has 0 saturated heterocycles. The first-order chi connectivity index (χ1) is 15.1. The smallest absolute Gasteiger partial charge is 0.198 e. The van der Waals surface area contributed by atoms with Crippen LogP contribution in [0.1, 0.15) is 75.6 Å². The Hall–Kier alpha value is -1.94. The van der Waals surface area contributed by atoms with E-state index in [4.69, 9.17) is 9.72 Å². The first kappa shape index (κ1) is 24.7. The first-order valence-corrected chi connectivity index (χ1v) is 11.9. The van der Waals surface area contributed by atoms with Gasteiger partial charge in [0.1, 0.15) is 0 Å². The number of aliphatic hydroxyl groups is 1. The molecule has 0 radical (unpaired) electrons. The Morgan fingerprint density at radius 3 is 2.34 bits per heavy atom. The number of hydrogen-bond donors (Lipinski definition) is 1. The third-order valence-corrected chi connectivity index (χ3v) is 7.08.